The number of nitrogens with zero attached hydrogens (tertiary/aromatic N) is 2. The lowest BCUT2D eigenvalue weighted by Crippen LogP contribution is -2.33. The molecule has 1 N–H and O–H groups in total. The van der Waals surface area contributed by atoms with Crippen molar-refractivity contribution >= 4 is 16.9 Å². The summed E-state index contributed by atoms with van der Waals surface area (Å²) >= 11 is 1.70. The lowest BCUT2D eigenvalue weighted by Gasteiger charge is -2.25. The van der Waals surface area contributed by atoms with Crippen LogP contribution >= 0.6 is 11.8 Å². The monoisotopic (exact) mass is 199 g/mol. The van der Waals surface area contributed by atoms with Gasteiger partial charge in [0.25, 0.3) is 0 Å². The van der Waals surface area contributed by atoms with Crippen molar-refractivity contribution in [2.24, 2.45) is 4.99 Å². The van der Waals surface area contributed by atoms with E-state index < -0.39 is 0 Å². The zero-order valence-electron chi connectivity index (χ0n) is 7.62. The highest BCUT2D eigenvalue weighted by Crippen LogP contribution is 2.27. The van der Waals surface area contributed by atoms with E-state index in [1.54, 1.807) is 18.9 Å². The molecule has 0 amide bonds. The van der Waals surface area contributed by atoms with Crippen LogP contribution < -0.4 is 5.48 Å². The van der Waals surface area contributed by atoms with E-state index in [-0.39, 0.29) is 0 Å². The van der Waals surface area contributed by atoms with Gasteiger partial charge >= 0.3 is 0 Å². The molecule has 0 atom stereocenters. The first-order chi connectivity index (χ1) is 6.42. The fourth-order valence-electron chi connectivity index (χ4n) is 1.42. The van der Waals surface area contributed by atoms with E-state index >= 15 is 0 Å². The topological polar surface area (TPSA) is 36.9 Å². The third kappa shape index (κ3) is 1.87. The number of amidine groups is 1. The van der Waals surface area contributed by atoms with E-state index in [1.165, 1.54) is 5.70 Å². The quantitative estimate of drug-likeness (QED) is 0.682. The van der Waals surface area contributed by atoms with Gasteiger partial charge in [-0.15, -0.1) is 0 Å². The molecule has 0 saturated heterocycles. The van der Waals surface area contributed by atoms with Crippen LogP contribution in [0.2, 0.25) is 0 Å². The smallest absolute Gasteiger partial charge is 0.167 e. The third-order valence-electron chi connectivity index (χ3n) is 2.06. The van der Waals surface area contributed by atoms with Crippen molar-refractivity contribution in [2.75, 3.05) is 26.7 Å². The first-order valence-electron chi connectivity index (χ1n) is 4.35. The summed E-state index contributed by atoms with van der Waals surface area (Å²) in [7, 11) is 1.63. The van der Waals surface area contributed by atoms with Crippen molar-refractivity contribution < 1.29 is 4.84 Å². The molecule has 5 heteroatoms. The molecule has 0 fully saturated rings. The molecule has 0 spiro atoms. The maximum Gasteiger partial charge on any atom is 0.167 e. The molecular formula is C8H13N3OS. The zero-order valence-corrected chi connectivity index (χ0v) is 8.43. The molecule has 72 valence electrons. The number of nitrogens with one attached hydrogen (secondary N) is 1. The van der Waals surface area contributed by atoms with Crippen molar-refractivity contribution in [1.29, 1.82) is 0 Å². The largest absolute Gasteiger partial charge is 0.323 e. The van der Waals surface area contributed by atoms with E-state index in [0.717, 1.165) is 31.2 Å². The van der Waals surface area contributed by atoms with Gasteiger partial charge in [0.2, 0.25) is 0 Å². The van der Waals surface area contributed by atoms with Gasteiger partial charge in [-0.05, 0) is 11.8 Å². The van der Waals surface area contributed by atoms with Crippen LogP contribution in [-0.2, 0) is 4.84 Å². The summed E-state index contributed by atoms with van der Waals surface area (Å²) in [5.41, 5.74) is 4.10. The predicted molar refractivity (Wildman–Crippen MR) is 54.3 cm³/mol. The van der Waals surface area contributed by atoms with Gasteiger partial charge in [0, 0.05) is 18.8 Å². The van der Waals surface area contributed by atoms with Gasteiger partial charge < -0.3 is 9.74 Å². The summed E-state index contributed by atoms with van der Waals surface area (Å²) < 4.78 is 0. The van der Waals surface area contributed by atoms with Gasteiger partial charge in [-0.1, -0.05) is 11.8 Å². The molecule has 0 aliphatic carbocycles. The average molecular weight is 199 g/mol. The Bertz CT molecular complexity index is 252. The van der Waals surface area contributed by atoms with Gasteiger partial charge in [0.1, 0.15) is 0 Å². The van der Waals surface area contributed by atoms with Gasteiger partial charge in [-0.3, -0.25) is 4.99 Å². The van der Waals surface area contributed by atoms with Crippen LogP contribution in [0.15, 0.2) is 16.1 Å². The molecular weight excluding hydrogens is 186 g/mol. The number of hydrogen-bond acceptors (Lipinski definition) is 5. The van der Waals surface area contributed by atoms with Crippen molar-refractivity contribution in [1.82, 2.24) is 10.4 Å². The Morgan fingerprint density at radius 3 is 3.54 bits per heavy atom. The predicted octanol–water partition coefficient (Wildman–Crippen LogP) is 0.787. The zero-order chi connectivity index (χ0) is 9.10. The molecule has 0 radical (unpaired) electrons. The fraction of sp³-hybridized carbons (Fsp3) is 0.625. The molecule has 0 saturated carbocycles. The number of hydrogen-bond donors (Lipinski definition) is 1. The maximum atomic E-state index is 4.82. The minimum atomic E-state index is 0.752. The lowest BCUT2D eigenvalue weighted by molar-refractivity contribution is 0.0955. The highest BCUT2D eigenvalue weighted by molar-refractivity contribution is 8.16. The molecule has 2 rings (SSSR count). The molecule has 4 nitrogen and oxygen atoms in total. The molecule has 0 bridgehead atoms. The second kappa shape index (κ2) is 4.13. The van der Waals surface area contributed by atoms with Crippen molar-refractivity contribution in [2.45, 2.75) is 6.42 Å². The van der Waals surface area contributed by atoms with Crippen LogP contribution in [-0.4, -0.2) is 36.8 Å². The van der Waals surface area contributed by atoms with Gasteiger partial charge in [0.15, 0.2) is 5.17 Å². The number of aliphatic imine (C=N–C) groups is 1. The van der Waals surface area contributed by atoms with Crippen LogP contribution in [0.5, 0.6) is 0 Å². The molecule has 2 aliphatic rings. The summed E-state index contributed by atoms with van der Waals surface area (Å²) in [5.74, 6) is 0. The number of hydroxylamine groups is 1. The normalized spacial score (nSPS) is 21.2. The summed E-state index contributed by atoms with van der Waals surface area (Å²) in [6.07, 6.45) is 1.15. The third-order valence-corrected chi connectivity index (χ3v) is 3.01. The number of rotatable bonds is 3. The van der Waals surface area contributed by atoms with E-state index in [1.807, 2.05) is 0 Å². The Hall–Kier alpha value is -0.520. The minimum absolute atomic E-state index is 0.752. The van der Waals surface area contributed by atoms with Crippen molar-refractivity contribution in [3.63, 3.8) is 0 Å². The summed E-state index contributed by atoms with van der Waals surface area (Å²) in [6, 6.07) is 0. The summed E-state index contributed by atoms with van der Waals surface area (Å²) in [6.45, 7) is 2.81. The van der Waals surface area contributed by atoms with Crippen molar-refractivity contribution in [3.05, 3.63) is 11.1 Å². The van der Waals surface area contributed by atoms with Crippen LogP contribution in [0.1, 0.15) is 6.42 Å². The molecule has 13 heavy (non-hydrogen) atoms. The second-order valence-corrected chi connectivity index (χ2v) is 3.76. The van der Waals surface area contributed by atoms with Gasteiger partial charge in [0.05, 0.1) is 13.7 Å². The maximum absolute atomic E-state index is 4.82. The number of thioether (sulfide) groups is 1. The Labute approximate surface area is 82.0 Å². The second-order valence-electron chi connectivity index (χ2n) is 2.92. The van der Waals surface area contributed by atoms with E-state index in [9.17, 15) is 0 Å². The summed E-state index contributed by atoms with van der Waals surface area (Å²) in [5, 5.41) is 3.27. The Kier molecular flexibility index (Phi) is 2.87. The van der Waals surface area contributed by atoms with E-state index in [0.29, 0.717) is 0 Å². The Morgan fingerprint density at radius 1 is 1.77 bits per heavy atom. The molecule has 2 aliphatic heterocycles. The molecule has 2 heterocycles. The first kappa shape index (κ1) is 9.05. The van der Waals surface area contributed by atoms with Crippen molar-refractivity contribution in [3.8, 4) is 0 Å². The van der Waals surface area contributed by atoms with Crippen LogP contribution in [0.3, 0.4) is 0 Å². The Balaban J connectivity index is 1.98. The average Bonchev–Trinajstić information content (AvgIpc) is 2.58. The van der Waals surface area contributed by atoms with Crippen LogP contribution in [0.25, 0.3) is 0 Å². The van der Waals surface area contributed by atoms with Crippen LogP contribution in [0.4, 0.5) is 0 Å². The SMILES string of the molecule is CONCC1=CSC2=NCCCN12. The Morgan fingerprint density at radius 2 is 2.69 bits per heavy atom. The molecule has 0 aromatic rings. The minimum Gasteiger partial charge on any atom is -0.323 e. The van der Waals surface area contributed by atoms with E-state index in [2.05, 4.69) is 20.8 Å². The first-order valence-corrected chi connectivity index (χ1v) is 5.23. The molecule has 0 unspecified atom stereocenters. The lowest BCUT2D eigenvalue weighted by atomic mass is 10.3. The van der Waals surface area contributed by atoms with Crippen LogP contribution in [0, 0.1) is 0 Å². The highest BCUT2D eigenvalue weighted by atomic mass is 32.2. The summed E-state index contributed by atoms with van der Waals surface area (Å²) in [4.78, 5) is 11.5. The highest BCUT2D eigenvalue weighted by Gasteiger charge is 2.23. The molecule has 0 aromatic carbocycles. The van der Waals surface area contributed by atoms with E-state index in [4.69, 9.17) is 4.84 Å². The fourth-order valence-corrected chi connectivity index (χ4v) is 2.37. The number of fused-ring (bicyclic) bond motifs is 1. The van der Waals surface area contributed by atoms with Gasteiger partial charge in [-0.25, -0.2) is 0 Å². The molecule has 0 aromatic heterocycles. The van der Waals surface area contributed by atoms with Gasteiger partial charge in [-0.2, -0.15) is 5.48 Å². The standard InChI is InChI=1S/C8H13N3OS/c1-12-10-5-7-6-13-8-9-3-2-4-11(7)8/h6,10H,2-5H2,1H3.